The summed E-state index contributed by atoms with van der Waals surface area (Å²) in [5.74, 6) is -1.13. The summed E-state index contributed by atoms with van der Waals surface area (Å²) in [4.78, 5) is 21.2. The molecule has 0 atom stereocenters. The van der Waals surface area contributed by atoms with Crippen molar-refractivity contribution in [1.29, 1.82) is 0 Å². The highest BCUT2D eigenvalue weighted by Gasteiger charge is 1.99. The van der Waals surface area contributed by atoms with Crippen LogP contribution >= 0.6 is 0 Å². The van der Waals surface area contributed by atoms with Crippen molar-refractivity contribution in [3.8, 4) is 0 Å². The molecule has 0 heterocycles. The predicted molar refractivity (Wildman–Crippen MR) is 53.2 cm³/mol. The van der Waals surface area contributed by atoms with E-state index >= 15 is 0 Å². The minimum Gasteiger partial charge on any atom is -0.351 e. The van der Waals surface area contributed by atoms with Gasteiger partial charge in [0.1, 0.15) is 5.82 Å². The number of benzene rings is 1. The lowest BCUT2D eigenvalue weighted by Gasteiger charge is -1.95. The molecule has 5 heteroatoms. The van der Waals surface area contributed by atoms with E-state index in [1.54, 1.807) is 6.07 Å². The Morgan fingerprint density at radius 2 is 2.00 bits per heavy atom. The van der Waals surface area contributed by atoms with E-state index in [0.717, 1.165) is 6.08 Å². The maximum Gasteiger partial charge on any atom is 0.319 e. The molecule has 0 spiro atoms. The minimum atomic E-state index is -0.946. The van der Waals surface area contributed by atoms with Crippen molar-refractivity contribution in [3.05, 3.63) is 41.7 Å². The summed E-state index contributed by atoms with van der Waals surface area (Å²) in [6.45, 7) is 0. The first-order valence-corrected chi connectivity index (χ1v) is 4.12. The standard InChI is InChI=1S/C10H9FN2O2/c11-8-4-2-1-3-7(8)5-6-9(14)13-10(12)15/h1-6H,(H3,12,13,14,15). The van der Waals surface area contributed by atoms with Crippen LogP contribution in [0, 0.1) is 5.82 Å². The number of imide groups is 1. The summed E-state index contributed by atoms with van der Waals surface area (Å²) >= 11 is 0. The zero-order valence-corrected chi connectivity index (χ0v) is 7.74. The van der Waals surface area contributed by atoms with Gasteiger partial charge in [-0.05, 0) is 12.1 Å². The zero-order valence-electron chi connectivity index (χ0n) is 7.74. The summed E-state index contributed by atoms with van der Waals surface area (Å²) in [5, 5.41) is 1.82. The Morgan fingerprint density at radius 3 is 2.60 bits per heavy atom. The van der Waals surface area contributed by atoms with Crippen LogP contribution in [0.4, 0.5) is 9.18 Å². The topological polar surface area (TPSA) is 72.2 Å². The second-order valence-electron chi connectivity index (χ2n) is 2.71. The van der Waals surface area contributed by atoms with E-state index in [1.165, 1.54) is 24.3 Å². The number of amides is 3. The predicted octanol–water partition coefficient (Wildman–Crippen LogP) is 1.03. The average Bonchev–Trinajstić information content (AvgIpc) is 2.15. The van der Waals surface area contributed by atoms with Crippen molar-refractivity contribution in [2.75, 3.05) is 0 Å². The first-order chi connectivity index (χ1) is 7.09. The van der Waals surface area contributed by atoms with Crippen LogP contribution in [0.5, 0.6) is 0 Å². The van der Waals surface area contributed by atoms with Gasteiger partial charge < -0.3 is 5.73 Å². The smallest absolute Gasteiger partial charge is 0.319 e. The molecule has 0 saturated carbocycles. The third kappa shape index (κ3) is 3.60. The van der Waals surface area contributed by atoms with Crippen LogP contribution < -0.4 is 11.1 Å². The molecule has 0 saturated heterocycles. The highest BCUT2D eigenvalue weighted by molar-refractivity contribution is 6.01. The first kappa shape index (κ1) is 10.9. The number of halogens is 1. The molecule has 0 aliphatic rings. The Bertz CT molecular complexity index is 416. The second kappa shape index (κ2) is 4.90. The van der Waals surface area contributed by atoms with Crippen LogP contribution in [0.1, 0.15) is 5.56 Å². The largest absolute Gasteiger partial charge is 0.351 e. The minimum absolute atomic E-state index is 0.261. The van der Waals surface area contributed by atoms with E-state index in [0.29, 0.717) is 0 Å². The number of nitrogens with two attached hydrogens (primary N) is 1. The molecule has 1 aromatic carbocycles. The number of primary amides is 1. The first-order valence-electron chi connectivity index (χ1n) is 4.12. The van der Waals surface area contributed by atoms with Gasteiger partial charge in [-0.25, -0.2) is 9.18 Å². The van der Waals surface area contributed by atoms with Gasteiger partial charge in [0.2, 0.25) is 0 Å². The molecule has 78 valence electrons. The summed E-state index contributed by atoms with van der Waals surface area (Å²) in [6.07, 6.45) is 2.29. The average molecular weight is 208 g/mol. The Labute approximate surface area is 85.6 Å². The third-order valence-electron chi connectivity index (χ3n) is 1.57. The number of carbonyl (C=O) groups excluding carboxylic acids is 2. The Hall–Kier alpha value is -2.17. The molecule has 4 nitrogen and oxygen atoms in total. The molecule has 0 radical (unpaired) electrons. The van der Waals surface area contributed by atoms with Gasteiger partial charge in [-0.3, -0.25) is 10.1 Å². The maximum absolute atomic E-state index is 13.0. The van der Waals surface area contributed by atoms with Gasteiger partial charge in [0.15, 0.2) is 0 Å². The van der Waals surface area contributed by atoms with E-state index in [-0.39, 0.29) is 5.56 Å². The molecular formula is C10H9FN2O2. The van der Waals surface area contributed by atoms with Gasteiger partial charge in [0.05, 0.1) is 0 Å². The summed E-state index contributed by atoms with van der Waals surface area (Å²) < 4.78 is 13.0. The molecule has 1 rings (SSSR count). The molecule has 0 fully saturated rings. The Morgan fingerprint density at radius 1 is 1.33 bits per heavy atom. The van der Waals surface area contributed by atoms with Crippen molar-refractivity contribution < 1.29 is 14.0 Å². The number of hydrogen-bond donors (Lipinski definition) is 2. The fraction of sp³-hybridized carbons (Fsp3) is 0. The number of hydrogen-bond acceptors (Lipinski definition) is 2. The van der Waals surface area contributed by atoms with Crippen molar-refractivity contribution in [1.82, 2.24) is 5.32 Å². The number of nitrogens with one attached hydrogen (secondary N) is 1. The van der Waals surface area contributed by atoms with Crippen molar-refractivity contribution in [2.45, 2.75) is 0 Å². The highest BCUT2D eigenvalue weighted by atomic mass is 19.1. The second-order valence-corrected chi connectivity index (χ2v) is 2.71. The van der Waals surface area contributed by atoms with Gasteiger partial charge in [-0.15, -0.1) is 0 Å². The van der Waals surface area contributed by atoms with Crippen LogP contribution in [0.3, 0.4) is 0 Å². The van der Waals surface area contributed by atoms with Crippen LogP contribution in [0.2, 0.25) is 0 Å². The maximum atomic E-state index is 13.0. The fourth-order valence-electron chi connectivity index (χ4n) is 0.939. The summed E-state index contributed by atoms with van der Waals surface area (Å²) in [7, 11) is 0. The van der Waals surface area contributed by atoms with Gasteiger partial charge >= 0.3 is 6.03 Å². The van der Waals surface area contributed by atoms with Gasteiger partial charge in [-0.1, -0.05) is 18.2 Å². The fourth-order valence-corrected chi connectivity index (χ4v) is 0.939. The lowest BCUT2D eigenvalue weighted by molar-refractivity contribution is -0.115. The molecule has 15 heavy (non-hydrogen) atoms. The monoisotopic (exact) mass is 208 g/mol. The Balaban J connectivity index is 2.70. The van der Waals surface area contributed by atoms with Crippen LogP contribution in [0.25, 0.3) is 6.08 Å². The number of carbonyl (C=O) groups is 2. The van der Waals surface area contributed by atoms with E-state index in [9.17, 15) is 14.0 Å². The van der Waals surface area contributed by atoms with Crippen molar-refractivity contribution in [3.63, 3.8) is 0 Å². The third-order valence-corrected chi connectivity index (χ3v) is 1.57. The SMILES string of the molecule is NC(=O)NC(=O)C=Cc1ccccc1F. The normalized spacial score (nSPS) is 10.2. The highest BCUT2D eigenvalue weighted by Crippen LogP contribution is 2.07. The van der Waals surface area contributed by atoms with Crippen molar-refractivity contribution >= 4 is 18.0 Å². The molecular weight excluding hydrogens is 199 g/mol. The van der Waals surface area contributed by atoms with Gasteiger partial charge in [-0.2, -0.15) is 0 Å². The molecule has 0 aliphatic heterocycles. The van der Waals surface area contributed by atoms with E-state index in [1.807, 2.05) is 5.32 Å². The lowest BCUT2D eigenvalue weighted by atomic mass is 10.2. The molecule has 1 aromatic rings. The Kier molecular flexibility index (Phi) is 3.56. The van der Waals surface area contributed by atoms with Crippen LogP contribution in [-0.4, -0.2) is 11.9 Å². The molecule has 0 bridgehead atoms. The van der Waals surface area contributed by atoms with Crippen LogP contribution in [0.15, 0.2) is 30.3 Å². The summed E-state index contributed by atoms with van der Waals surface area (Å²) in [5.41, 5.74) is 4.97. The van der Waals surface area contributed by atoms with Crippen molar-refractivity contribution in [2.24, 2.45) is 5.73 Å². The molecule has 0 unspecified atom stereocenters. The summed E-state index contributed by atoms with van der Waals surface area (Å²) in [6, 6.07) is 5.00. The van der Waals surface area contributed by atoms with E-state index < -0.39 is 17.8 Å². The van der Waals surface area contributed by atoms with Gasteiger partial charge in [0, 0.05) is 11.6 Å². The molecule has 0 aliphatic carbocycles. The van der Waals surface area contributed by atoms with E-state index in [2.05, 4.69) is 0 Å². The van der Waals surface area contributed by atoms with Crippen LogP contribution in [-0.2, 0) is 4.79 Å². The van der Waals surface area contributed by atoms with Gasteiger partial charge in [0.25, 0.3) is 5.91 Å². The lowest BCUT2D eigenvalue weighted by Crippen LogP contribution is -2.33. The van der Waals surface area contributed by atoms with E-state index in [4.69, 9.17) is 5.73 Å². The number of rotatable bonds is 2. The molecule has 0 aromatic heterocycles. The molecule has 3 amide bonds. The molecule has 3 N–H and O–H groups in total. The quantitative estimate of drug-likeness (QED) is 0.712. The zero-order chi connectivity index (χ0) is 11.3. The number of urea groups is 1.